The van der Waals surface area contributed by atoms with E-state index in [0.29, 0.717) is 5.92 Å². The molecule has 1 amide bonds. The minimum atomic E-state index is -3.94. The summed E-state index contributed by atoms with van der Waals surface area (Å²) in [6.45, 7) is 2.15. The highest BCUT2D eigenvalue weighted by Gasteiger charge is 2.26. The number of furan rings is 1. The number of carbonyl (C=O) groups excluding carboxylic acids is 1. The second-order valence-electron chi connectivity index (χ2n) is 5.30. The van der Waals surface area contributed by atoms with E-state index in [1.54, 1.807) is 0 Å². The first-order chi connectivity index (χ1) is 9.81. The molecule has 0 spiro atoms. The van der Waals surface area contributed by atoms with E-state index in [4.69, 9.17) is 15.1 Å². The van der Waals surface area contributed by atoms with Gasteiger partial charge in [0.15, 0.2) is 10.4 Å². The number of amides is 1. The number of nitrogens with one attached hydrogen (secondary N) is 1. The third-order valence-electron chi connectivity index (χ3n) is 3.84. The van der Waals surface area contributed by atoms with Gasteiger partial charge in [0.1, 0.15) is 4.90 Å². The predicted octanol–water partition coefficient (Wildman–Crippen LogP) is 3.67. The predicted molar refractivity (Wildman–Crippen MR) is 83.0 cm³/mol. The van der Waals surface area contributed by atoms with Crippen molar-refractivity contribution in [3.8, 4) is 0 Å². The summed E-state index contributed by atoms with van der Waals surface area (Å²) < 4.78 is 27.7. The van der Waals surface area contributed by atoms with Gasteiger partial charge in [0, 0.05) is 22.8 Å². The van der Waals surface area contributed by atoms with Crippen LogP contribution in [0, 0.1) is 5.92 Å². The summed E-state index contributed by atoms with van der Waals surface area (Å²) in [4.78, 5) is 11.9. The topological polar surface area (TPSA) is 76.4 Å². The quantitative estimate of drug-likeness (QED) is 0.785. The van der Waals surface area contributed by atoms with Gasteiger partial charge < -0.3 is 9.73 Å². The van der Waals surface area contributed by atoms with E-state index in [0.717, 1.165) is 31.7 Å². The molecule has 1 heterocycles. The molecule has 8 heteroatoms. The van der Waals surface area contributed by atoms with Crippen molar-refractivity contribution in [3.05, 3.63) is 16.5 Å². The Morgan fingerprint density at radius 3 is 2.81 bits per heavy atom. The van der Waals surface area contributed by atoms with Crippen LogP contribution in [-0.4, -0.2) is 20.4 Å². The molecule has 21 heavy (non-hydrogen) atoms. The van der Waals surface area contributed by atoms with Gasteiger partial charge >= 0.3 is 0 Å². The Morgan fingerprint density at radius 1 is 1.52 bits per heavy atom. The van der Waals surface area contributed by atoms with Crippen LogP contribution in [0.4, 0.5) is 0 Å². The molecule has 1 aromatic heterocycles. The molecule has 0 aliphatic heterocycles. The molecule has 2 unspecified atom stereocenters. The third kappa shape index (κ3) is 4.23. The maximum absolute atomic E-state index is 12.1. The van der Waals surface area contributed by atoms with Gasteiger partial charge in [-0.05, 0) is 34.7 Å². The van der Waals surface area contributed by atoms with Crippen molar-refractivity contribution in [2.45, 2.75) is 50.0 Å². The Hall–Kier alpha value is -0.530. The van der Waals surface area contributed by atoms with Gasteiger partial charge in [-0.25, -0.2) is 8.42 Å². The van der Waals surface area contributed by atoms with Gasteiger partial charge in [0.25, 0.3) is 15.0 Å². The second kappa shape index (κ2) is 6.71. The fraction of sp³-hybridized carbons (Fsp3) is 0.615. The Labute approximate surface area is 137 Å². The van der Waals surface area contributed by atoms with E-state index in [2.05, 4.69) is 28.2 Å². The van der Waals surface area contributed by atoms with Crippen LogP contribution in [0.5, 0.6) is 0 Å². The molecule has 1 aliphatic rings. The van der Waals surface area contributed by atoms with Gasteiger partial charge in [0.2, 0.25) is 0 Å². The standard InChI is InChI=1S/C13H17BrClNO4S/c1-2-8-4-3-5-9(6-8)16-13(17)10-7-11(12(14)20-10)21(15,18)19/h7-9H,2-6H2,1H3,(H,16,17). The molecule has 0 aromatic carbocycles. The molecule has 1 fully saturated rings. The summed E-state index contributed by atoms with van der Waals surface area (Å²) in [7, 11) is 1.32. The van der Waals surface area contributed by atoms with Crippen molar-refractivity contribution < 1.29 is 17.6 Å². The Morgan fingerprint density at radius 2 is 2.24 bits per heavy atom. The average Bonchev–Trinajstić information content (AvgIpc) is 2.81. The maximum atomic E-state index is 12.1. The first-order valence-electron chi connectivity index (χ1n) is 6.86. The van der Waals surface area contributed by atoms with E-state index in [1.165, 1.54) is 6.42 Å². The van der Waals surface area contributed by atoms with Crippen LogP contribution >= 0.6 is 26.6 Å². The first-order valence-corrected chi connectivity index (χ1v) is 9.96. The van der Waals surface area contributed by atoms with Gasteiger partial charge in [0.05, 0.1) is 0 Å². The molecular formula is C13H17BrClNO4S. The summed E-state index contributed by atoms with van der Waals surface area (Å²) in [5, 5.41) is 2.90. The van der Waals surface area contributed by atoms with Crippen LogP contribution in [0.2, 0.25) is 0 Å². The zero-order chi connectivity index (χ0) is 15.6. The third-order valence-corrected chi connectivity index (χ3v) is 6.02. The summed E-state index contributed by atoms with van der Waals surface area (Å²) in [6.07, 6.45) is 5.28. The van der Waals surface area contributed by atoms with Crippen molar-refractivity contribution in [2.24, 2.45) is 5.92 Å². The van der Waals surface area contributed by atoms with E-state index in [9.17, 15) is 13.2 Å². The highest BCUT2D eigenvalue weighted by atomic mass is 79.9. The van der Waals surface area contributed by atoms with Crippen LogP contribution in [-0.2, 0) is 9.05 Å². The lowest BCUT2D eigenvalue weighted by atomic mass is 9.84. The first kappa shape index (κ1) is 16.8. The monoisotopic (exact) mass is 397 g/mol. The molecule has 2 rings (SSSR count). The number of hydrogen-bond acceptors (Lipinski definition) is 4. The molecule has 0 bridgehead atoms. The van der Waals surface area contributed by atoms with Gasteiger partial charge in [-0.3, -0.25) is 4.79 Å². The molecule has 0 radical (unpaired) electrons. The van der Waals surface area contributed by atoms with Crippen molar-refractivity contribution in [1.82, 2.24) is 5.32 Å². The highest BCUT2D eigenvalue weighted by molar-refractivity contribution is 9.10. The van der Waals surface area contributed by atoms with Gasteiger partial charge in [-0.1, -0.05) is 26.2 Å². The summed E-state index contributed by atoms with van der Waals surface area (Å²) in [5.74, 6) is 0.162. The summed E-state index contributed by atoms with van der Waals surface area (Å²) in [5.41, 5.74) is 0. The molecule has 118 valence electrons. The zero-order valence-corrected chi connectivity index (χ0v) is 14.7. The molecule has 5 nitrogen and oxygen atoms in total. The lowest BCUT2D eigenvalue weighted by Crippen LogP contribution is -2.38. The summed E-state index contributed by atoms with van der Waals surface area (Å²) in [6, 6.07) is 1.25. The maximum Gasteiger partial charge on any atom is 0.287 e. The molecule has 1 N–H and O–H groups in total. The molecule has 0 saturated heterocycles. The van der Waals surface area contributed by atoms with E-state index in [1.807, 2.05) is 0 Å². The van der Waals surface area contributed by atoms with Crippen LogP contribution < -0.4 is 5.32 Å². The van der Waals surface area contributed by atoms with Crippen molar-refractivity contribution >= 4 is 41.6 Å². The largest absolute Gasteiger partial charge is 0.443 e. The van der Waals surface area contributed by atoms with E-state index in [-0.39, 0.29) is 21.4 Å². The molecule has 1 aromatic rings. The zero-order valence-electron chi connectivity index (χ0n) is 11.6. The minimum absolute atomic E-state index is 0.0558. The average molecular weight is 399 g/mol. The van der Waals surface area contributed by atoms with E-state index < -0.39 is 15.0 Å². The number of rotatable bonds is 4. The molecule has 2 atom stereocenters. The molecular weight excluding hydrogens is 382 g/mol. The fourth-order valence-electron chi connectivity index (χ4n) is 2.68. The highest BCUT2D eigenvalue weighted by Crippen LogP contribution is 2.30. The van der Waals surface area contributed by atoms with Crippen LogP contribution in [0.25, 0.3) is 0 Å². The molecule has 1 saturated carbocycles. The van der Waals surface area contributed by atoms with Crippen LogP contribution in [0.1, 0.15) is 49.6 Å². The fourth-order valence-corrected chi connectivity index (χ4v) is 4.71. The van der Waals surface area contributed by atoms with Crippen LogP contribution in [0.3, 0.4) is 0 Å². The van der Waals surface area contributed by atoms with Crippen molar-refractivity contribution in [3.63, 3.8) is 0 Å². The van der Waals surface area contributed by atoms with E-state index >= 15 is 0 Å². The van der Waals surface area contributed by atoms with Crippen molar-refractivity contribution in [2.75, 3.05) is 0 Å². The SMILES string of the molecule is CCC1CCCC(NC(=O)c2cc(S(=O)(=O)Cl)c(Br)o2)C1. The lowest BCUT2D eigenvalue weighted by molar-refractivity contribution is 0.0889. The van der Waals surface area contributed by atoms with Crippen molar-refractivity contribution in [1.29, 1.82) is 0 Å². The normalized spacial score (nSPS) is 23.0. The minimum Gasteiger partial charge on any atom is -0.443 e. The van der Waals surface area contributed by atoms with Gasteiger partial charge in [-0.15, -0.1) is 0 Å². The molecule has 1 aliphatic carbocycles. The number of carbonyl (C=O) groups is 1. The van der Waals surface area contributed by atoms with Gasteiger partial charge in [-0.2, -0.15) is 0 Å². The number of halogens is 2. The van der Waals surface area contributed by atoms with Crippen LogP contribution in [0.15, 0.2) is 20.0 Å². The number of hydrogen-bond donors (Lipinski definition) is 1. The Bertz CT molecular complexity index is 628. The summed E-state index contributed by atoms with van der Waals surface area (Å²) >= 11 is 2.96. The Balaban J connectivity index is 2.07. The lowest BCUT2D eigenvalue weighted by Gasteiger charge is -2.28. The second-order valence-corrected chi connectivity index (χ2v) is 8.55. The Kier molecular flexibility index (Phi) is 5.38. The smallest absolute Gasteiger partial charge is 0.287 e.